The number of benzene rings is 1. The largest absolute Gasteiger partial charge is 0.377 e. The van der Waals surface area contributed by atoms with Gasteiger partial charge in [-0.1, -0.05) is 26.0 Å². The van der Waals surface area contributed by atoms with Gasteiger partial charge in [-0.25, -0.2) is 0 Å². The Morgan fingerprint density at radius 3 is 2.56 bits per heavy atom. The van der Waals surface area contributed by atoms with Crippen molar-refractivity contribution in [3.8, 4) is 0 Å². The van der Waals surface area contributed by atoms with Crippen LogP contribution in [-0.4, -0.2) is 19.1 Å². The molecule has 18 heavy (non-hydrogen) atoms. The molecule has 0 aliphatic carbocycles. The average molecular weight is 250 g/mol. The van der Waals surface area contributed by atoms with Crippen LogP contribution in [0.25, 0.3) is 0 Å². The Labute approximate surface area is 109 Å². The summed E-state index contributed by atoms with van der Waals surface area (Å²) in [6.45, 7) is 5.81. The van der Waals surface area contributed by atoms with Crippen molar-refractivity contribution in [2.75, 3.05) is 12.4 Å². The molecule has 0 aliphatic rings. The molecule has 0 saturated heterocycles. The first-order chi connectivity index (χ1) is 8.45. The summed E-state index contributed by atoms with van der Waals surface area (Å²) in [5, 5.41) is 2.82. The van der Waals surface area contributed by atoms with Gasteiger partial charge in [0.25, 0.3) is 0 Å². The molecule has 0 spiro atoms. The maximum atomic E-state index is 11.8. The number of carbonyl (C=O) groups excluding carboxylic acids is 1. The molecule has 0 fully saturated rings. The van der Waals surface area contributed by atoms with Crippen LogP contribution in [0.3, 0.4) is 0 Å². The predicted octanol–water partition coefficient (Wildman–Crippen LogP) is 2.32. The van der Waals surface area contributed by atoms with Gasteiger partial charge < -0.3 is 15.8 Å². The first-order valence-electron chi connectivity index (χ1n) is 6.15. The molecule has 1 amide bonds. The third kappa shape index (κ3) is 3.82. The lowest BCUT2D eigenvalue weighted by molar-refractivity contribution is -0.118. The third-order valence-electron chi connectivity index (χ3n) is 3.00. The van der Waals surface area contributed by atoms with Gasteiger partial charge in [-0.05, 0) is 30.5 Å². The van der Waals surface area contributed by atoms with Gasteiger partial charge in [0, 0.05) is 12.8 Å². The van der Waals surface area contributed by atoms with E-state index in [-0.39, 0.29) is 17.9 Å². The Hall–Kier alpha value is -1.39. The van der Waals surface area contributed by atoms with E-state index in [9.17, 15) is 4.79 Å². The van der Waals surface area contributed by atoms with Gasteiger partial charge >= 0.3 is 0 Å². The number of anilines is 1. The molecule has 4 nitrogen and oxygen atoms in total. The van der Waals surface area contributed by atoms with Crippen molar-refractivity contribution >= 4 is 11.6 Å². The smallest absolute Gasteiger partial charge is 0.241 e. The third-order valence-corrected chi connectivity index (χ3v) is 3.00. The number of hydrogen-bond acceptors (Lipinski definition) is 3. The highest BCUT2D eigenvalue weighted by Gasteiger charge is 2.17. The quantitative estimate of drug-likeness (QED) is 0.843. The van der Waals surface area contributed by atoms with Gasteiger partial charge in [0.2, 0.25) is 5.91 Å². The lowest BCUT2D eigenvalue weighted by atomic mass is 10.0. The van der Waals surface area contributed by atoms with Gasteiger partial charge in [0.05, 0.1) is 12.1 Å². The van der Waals surface area contributed by atoms with E-state index in [0.717, 1.165) is 11.3 Å². The lowest BCUT2D eigenvalue weighted by Crippen LogP contribution is -2.39. The van der Waals surface area contributed by atoms with Crippen LogP contribution in [0.5, 0.6) is 0 Å². The van der Waals surface area contributed by atoms with E-state index < -0.39 is 6.04 Å². The van der Waals surface area contributed by atoms with Gasteiger partial charge in [-0.3, -0.25) is 4.79 Å². The van der Waals surface area contributed by atoms with E-state index >= 15 is 0 Å². The van der Waals surface area contributed by atoms with E-state index in [2.05, 4.69) is 5.32 Å². The summed E-state index contributed by atoms with van der Waals surface area (Å²) in [4.78, 5) is 11.8. The summed E-state index contributed by atoms with van der Waals surface area (Å²) in [5.41, 5.74) is 7.56. The molecule has 0 saturated carbocycles. The van der Waals surface area contributed by atoms with E-state index in [0.29, 0.717) is 0 Å². The van der Waals surface area contributed by atoms with Crippen molar-refractivity contribution in [2.45, 2.75) is 32.9 Å². The van der Waals surface area contributed by atoms with Gasteiger partial charge in [-0.2, -0.15) is 0 Å². The van der Waals surface area contributed by atoms with Crippen LogP contribution >= 0.6 is 0 Å². The minimum atomic E-state index is -0.492. The zero-order chi connectivity index (χ0) is 13.7. The Morgan fingerprint density at radius 2 is 2.00 bits per heavy atom. The van der Waals surface area contributed by atoms with E-state index in [1.165, 1.54) is 0 Å². The lowest BCUT2D eigenvalue weighted by Gasteiger charge is -2.16. The van der Waals surface area contributed by atoms with Crippen molar-refractivity contribution in [3.63, 3.8) is 0 Å². The Kier molecular flexibility index (Phi) is 5.31. The zero-order valence-corrected chi connectivity index (χ0v) is 11.4. The number of hydrogen-bond donors (Lipinski definition) is 2. The highest BCUT2D eigenvalue weighted by Crippen LogP contribution is 2.19. The summed E-state index contributed by atoms with van der Waals surface area (Å²) in [7, 11) is 1.66. The molecule has 1 rings (SSSR count). The predicted molar refractivity (Wildman–Crippen MR) is 73.3 cm³/mol. The second-order valence-corrected chi connectivity index (χ2v) is 4.76. The Morgan fingerprint density at radius 1 is 1.33 bits per heavy atom. The number of nitrogens with two attached hydrogens (primary N) is 1. The van der Waals surface area contributed by atoms with E-state index in [4.69, 9.17) is 10.5 Å². The second-order valence-electron chi connectivity index (χ2n) is 4.76. The Bertz CT molecular complexity index is 405. The first kappa shape index (κ1) is 14.7. The fraction of sp³-hybridized carbons (Fsp3) is 0.500. The fourth-order valence-corrected chi connectivity index (χ4v) is 1.53. The van der Waals surface area contributed by atoms with Crippen molar-refractivity contribution < 1.29 is 9.53 Å². The summed E-state index contributed by atoms with van der Waals surface area (Å²) in [5.74, 6) is -0.0432. The molecule has 1 aromatic carbocycles. The number of ether oxygens (including phenoxy) is 1. The molecule has 0 heterocycles. The number of carbonyl (C=O) groups is 1. The summed E-state index contributed by atoms with van der Waals surface area (Å²) < 4.78 is 5.24. The van der Waals surface area contributed by atoms with Crippen molar-refractivity contribution in [2.24, 2.45) is 11.7 Å². The number of rotatable bonds is 5. The summed E-state index contributed by atoms with van der Waals surface area (Å²) >= 11 is 0. The molecule has 4 heteroatoms. The molecule has 1 unspecified atom stereocenters. The van der Waals surface area contributed by atoms with Crippen LogP contribution in [-0.2, 0) is 9.53 Å². The maximum absolute atomic E-state index is 11.8. The highest BCUT2D eigenvalue weighted by molar-refractivity contribution is 5.94. The topological polar surface area (TPSA) is 64.3 Å². The zero-order valence-electron chi connectivity index (χ0n) is 11.4. The molecular weight excluding hydrogens is 228 g/mol. The van der Waals surface area contributed by atoms with Crippen LogP contribution in [0.1, 0.15) is 32.4 Å². The number of nitrogens with one attached hydrogen (secondary N) is 1. The van der Waals surface area contributed by atoms with Crippen molar-refractivity contribution in [3.05, 3.63) is 29.8 Å². The molecule has 3 N–H and O–H groups in total. The van der Waals surface area contributed by atoms with Gasteiger partial charge in [-0.15, -0.1) is 0 Å². The number of amides is 1. The van der Waals surface area contributed by atoms with Crippen LogP contribution in [0.2, 0.25) is 0 Å². The normalized spacial score (nSPS) is 14.3. The molecule has 1 aromatic rings. The van der Waals surface area contributed by atoms with Crippen molar-refractivity contribution in [1.29, 1.82) is 0 Å². The van der Waals surface area contributed by atoms with Gasteiger partial charge in [0.1, 0.15) is 0 Å². The van der Waals surface area contributed by atoms with Crippen LogP contribution in [0, 0.1) is 5.92 Å². The van der Waals surface area contributed by atoms with E-state index in [1.807, 2.05) is 45.0 Å². The van der Waals surface area contributed by atoms with Gasteiger partial charge in [0.15, 0.2) is 0 Å². The van der Waals surface area contributed by atoms with Crippen molar-refractivity contribution in [1.82, 2.24) is 0 Å². The standard InChI is InChI=1S/C14H22N2O2/c1-9(2)13(15)14(17)16-12-7-5-6-11(8-12)10(3)18-4/h5-10,13H,15H2,1-4H3,(H,16,17)/t10?,13-/m0/s1. The first-order valence-corrected chi connectivity index (χ1v) is 6.15. The molecule has 0 aromatic heterocycles. The highest BCUT2D eigenvalue weighted by atomic mass is 16.5. The molecular formula is C14H22N2O2. The number of methoxy groups -OCH3 is 1. The fourth-order valence-electron chi connectivity index (χ4n) is 1.53. The van der Waals surface area contributed by atoms with Crippen LogP contribution in [0.15, 0.2) is 24.3 Å². The molecule has 0 bridgehead atoms. The van der Waals surface area contributed by atoms with E-state index in [1.54, 1.807) is 7.11 Å². The maximum Gasteiger partial charge on any atom is 0.241 e. The minimum Gasteiger partial charge on any atom is -0.377 e. The van der Waals surface area contributed by atoms with Crippen LogP contribution in [0.4, 0.5) is 5.69 Å². The summed E-state index contributed by atoms with van der Waals surface area (Å²) in [6.07, 6.45) is 0.000578. The van der Waals surface area contributed by atoms with Crippen LogP contribution < -0.4 is 11.1 Å². The SMILES string of the molecule is COC(C)c1cccc(NC(=O)[C@@H](N)C(C)C)c1. The molecule has 0 radical (unpaired) electrons. The molecule has 100 valence electrons. The second kappa shape index (κ2) is 6.52. The molecule has 0 aliphatic heterocycles. The molecule has 2 atom stereocenters. The monoisotopic (exact) mass is 250 g/mol. The minimum absolute atomic E-state index is 0.000578. The average Bonchev–Trinajstić information content (AvgIpc) is 2.36. The Balaban J connectivity index is 2.76. The summed E-state index contributed by atoms with van der Waals surface area (Å²) in [6, 6.07) is 7.11.